The fraction of sp³-hybridized carbons (Fsp3) is 0.308. The highest BCUT2D eigenvalue weighted by molar-refractivity contribution is 7.80. The first-order chi connectivity index (χ1) is 9.15. The number of thiocarbonyl (C=S) groups is 1. The first-order valence-electron chi connectivity index (χ1n) is 6.17. The lowest BCUT2D eigenvalue weighted by Crippen LogP contribution is -2.33. The molecule has 5 nitrogen and oxygen atoms in total. The van der Waals surface area contributed by atoms with Gasteiger partial charge in [0.25, 0.3) is 0 Å². The molecule has 0 saturated heterocycles. The first-order valence-corrected chi connectivity index (χ1v) is 6.58. The van der Waals surface area contributed by atoms with Gasteiger partial charge in [0.2, 0.25) is 0 Å². The number of hydrogen-bond donors (Lipinski definition) is 1. The molecule has 0 aliphatic carbocycles. The Balaban J connectivity index is 1.88. The Hall–Kier alpha value is -1.95. The van der Waals surface area contributed by atoms with Crippen molar-refractivity contribution in [2.75, 3.05) is 11.4 Å². The summed E-state index contributed by atoms with van der Waals surface area (Å²) in [6, 6.07) is 6.18. The quantitative estimate of drug-likeness (QED) is 0.834. The van der Waals surface area contributed by atoms with E-state index in [4.69, 9.17) is 18.0 Å². The van der Waals surface area contributed by atoms with Crippen molar-refractivity contribution in [2.45, 2.75) is 20.0 Å². The van der Waals surface area contributed by atoms with Gasteiger partial charge in [0.05, 0.1) is 6.54 Å². The third-order valence-electron chi connectivity index (χ3n) is 3.48. The Morgan fingerprint density at radius 2 is 2.21 bits per heavy atom. The highest BCUT2D eigenvalue weighted by Crippen LogP contribution is 2.22. The molecule has 0 amide bonds. The zero-order chi connectivity index (χ0) is 13.4. The molecule has 0 spiro atoms. The predicted molar refractivity (Wildman–Crippen MR) is 78.1 cm³/mol. The second-order valence-corrected chi connectivity index (χ2v) is 5.17. The number of anilines is 1. The molecule has 1 aromatic heterocycles. The number of benzene rings is 1. The van der Waals surface area contributed by atoms with E-state index in [2.05, 4.69) is 31.8 Å². The summed E-state index contributed by atoms with van der Waals surface area (Å²) in [4.78, 5) is 2.74. The molecule has 1 aromatic carbocycles. The molecule has 1 aliphatic rings. The molecule has 6 heteroatoms. The zero-order valence-corrected chi connectivity index (χ0v) is 11.5. The van der Waals surface area contributed by atoms with Crippen LogP contribution in [0.15, 0.2) is 24.5 Å². The molecule has 2 heterocycles. The second kappa shape index (κ2) is 4.62. The van der Waals surface area contributed by atoms with Gasteiger partial charge in [0.1, 0.15) is 11.3 Å². The number of nitrogens with two attached hydrogens (primary N) is 1. The van der Waals surface area contributed by atoms with Gasteiger partial charge in [-0.2, -0.15) is 0 Å². The molecule has 0 radical (unpaired) electrons. The second-order valence-electron chi connectivity index (χ2n) is 4.73. The topological polar surface area (TPSA) is 60.0 Å². The van der Waals surface area contributed by atoms with Crippen LogP contribution in [0.2, 0.25) is 0 Å². The van der Waals surface area contributed by atoms with Gasteiger partial charge in [0, 0.05) is 24.3 Å². The minimum atomic E-state index is 0.447. The fourth-order valence-electron chi connectivity index (χ4n) is 2.41. The van der Waals surface area contributed by atoms with E-state index in [0.29, 0.717) is 4.99 Å². The molecule has 0 fully saturated rings. The van der Waals surface area contributed by atoms with E-state index in [1.54, 1.807) is 6.33 Å². The highest BCUT2D eigenvalue weighted by Gasteiger charge is 2.18. The maximum absolute atomic E-state index is 5.69. The van der Waals surface area contributed by atoms with Crippen LogP contribution < -0.4 is 10.6 Å². The maximum atomic E-state index is 5.69. The van der Waals surface area contributed by atoms with Crippen LogP contribution in [0.1, 0.15) is 17.0 Å². The molecule has 2 N–H and O–H groups in total. The lowest BCUT2D eigenvalue weighted by molar-refractivity contribution is 0.560. The van der Waals surface area contributed by atoms with Gasteiger partial charge in [-0.05, 0) is 30.7 Å². The van der Waals surface area contributed by atoms with Crippen molar-refractivity contribution in [1.82, 2.24) is 14.8 Å². The van der Waals surface area contributed by atoms with Gasteiger partial charge < -0.3 is 15.2 Å². The van der Waals surface area contributed by atoms with E-state index < -0.39 is 0 Å². The first kappa shape index (κ1) is 12.1. The largest absolute Gasteiger partial charge is 0.389 e. The smallest absolute Gasteiger partial charge is 0.152 e. The van der Waals surface area contributed by atoms with Crippen LogP contribution in [0.4, 0.5) is 5.69 Å². The molecule has 98 valence electrons. The maximum Gasteiger partial charge on any atom is 0.152 e. The van der Waals surface area contributed by atoms with E-state index in [0.717, 1.165) is 36.6 Å². The van der Waals surface area contributed by atoms with E-state index in [9.17, 15) is 0 Å². The van der Waals surface area contributed by atoms with Crippen molar-refractivity contribution in [2.24, 2.45) is 5.73 Å². The molecule has 19 heavy (non-hydrogen) atoms. The Kier molecular flexibility index (Phi) is 2.94. The van der Waals surface area contributed by atoms with E-state index >= 15 is 0 Å². The molecule has 1 aliphatic heterocycles. The molecule has 2 aromatic rings. The van der Waals surface area contributed by atoms with Crippen LogP contribution in [-0.4, -0.2) is 26.3 Å². The van der Waals surface area contributed by atoms with Crippen molar-refractivity contribution < 1.29 is 0 Å². The van der Waals surface area contributed by atoms with Crippen LogP contribution in [0, 0.1) is 6.92 Å². The van der Waals surface area contributed by atoms with Gasteiger partial charge in [-0.1, -0.05) is 12.2 Å². The molecule has 0 atom stereocenters. The van der Waals surface area contributed by atoms with Crippen LogP contribution in [0.25, 0.3) is 0 Å². The summed E-state index contributed by atoms with van der Waals surface area (Å²) in [6.07, 6.45) is 1.79. The van der Waals surface area contributed by atoms with E-state index in [-0.39, 0.29) is 0 Å². The van der Waals surface area contributed by atoms with Crippen LogP contribution in [0.5, 0.6) is 0 Å². The standard InChI is InChI=1S/C13H15N5S/c1-9-6-10(2-3-11(9)13(14)19)17-4-5-18-8-15-16-12(18)7-17/h2-3,6,8H,4-5,7H2,1H3,(H2,14,19). The number of aryl methyl sites for hydroxylation is 1. The van der Waals surface area contributed by atoms with E-state index in [1.807, 2.05) is 13.0 Å². The summed E-state index contributed by atoms with van der Waals surface area (Å²) in [5.74, 6) is 1.00. The van der Waals surface area contributed by atoms with Crippen molar-refractivity contribution in [3.05, 3.63) is 41.5 Å². The van der Waals surface area contributed by atoms with Crippen LogP contribution in [0.3, 0.4) is 0 Å². The fourth-order valence-corrected chi connectivity index (χ4v) is 2.64. The Labute approximate surface area is 117 Å². The Morgan fingerprint density at radius 1 is 1.37 bits per heavy atom. The normalized spacial score (nSPS) is 14.3. The van der Waals surface area contributed by atoms with Crippen molar-refractivity contribution in [1.29, 1.82) is 0 Å². The molecule has 0 saturated carbocycles. The zero-order valence-electron chi connectivity index (χ0n) is 10.7. The summed E-state index contributed by atoms with van der Waals surface area (Å²) < 4.78 is 2.09. The number of nitrogens with zero attached hydrogens (tertiary/aromatic N) is 4. The van der Waals surface area contributed by atoms with Crippen LogP contribution in [-0.2, 0) is 13.1 Å². The SMILES string of the molecule is Cc1cc(N2CCn3cnnc3C2)ccc1C(N)=S. The predicted octanol–water partition coefficient (Wildman–Crippen LogP) is 1.24. The van der Waals surface area contributed by atoms with E-state index in [1.165, 1.54) is 5.69 Å². The molecule has 0 unspecified atom stereocenters. The number of fused-ring (bicyclic) bond motifs is 1. The van der Waals surface area contributed by atoms with Crippen molar-refractivity contribution in [3.8, 4) is 0 Å². The summed E-state index contributed by atoms with van der Waals surface area (Å²) >= 11 is 5.03. The molecular formula is C13H15N5S. The summed E-state index contributed by atoms with van der Waals surface area (Å²) in [7, 11) is 0. The van der Waals surface area contributed by atoms with Gasteiger partial charge in [-0.25, -0.2) is 0 Å². The number of rotatable bonds is 2. The number of hydrogen-bond acceptors (Lipinski definition) is 4. The lowest BCUT2D eigenvalue weighted by atomic mass is 10.1. The van der Waals surface area contributed by atoms with Gasteiger partial charge in [-0.3, -0.25) is 0 Å². The Bertz CT molecular complexity index is 634. The van der Waals surface area contributed by atoms with Crippen LogP contribution >= 0.6 is 12.2 Å². The van der Waals surface area contributed by atoms with Gasteiger partial charge in [0.15, 0.2) is 5.82 Å². The third-order valence-corrected chi connectivity index (χ3v) is 3.70. The number of aromatic nitrogens is 3. The monoisotopic (exact) mass is 273 g/mol. The summed E-state index contributed by atoms with van der Waals surface area (Å²) in [5, 5.41) is 8.07. The van der Waals surface area contributed by atoms with Crippen molar-refractivity contribution in [3.63, 3.8) is 0 Å². The minimum Gasteiger partial charge on any atom is -0.389 e. The third kappa shape index (κ3) is 2.19. The average Bonchev–Trinajstić information content (AvgIpc) is 2.85. The summed E-state index contributed by atoms with van der Waals surface area (Å²) in [6.45, 7) is 4.69. The van der Waals surface area contributed by atoms with Gasteiger partial charge >= 0.3 is 0 Å². The molecular weight excluding hydrogens is 258 g/mol. The summed E-state index contributed by atoms with van der Waals surface area (Å²) in [5.41, 5.74) is 8.91. The van der Waals surface area contributed by atoms with Crippen molar-refractivity contribution >= 4 is 22.9 Å². The minimum absolute atomic E-state index is 0.447. The van der Waals surface area contributed by atoms with Gasteiger partial charge in [-0.15, -0.1) is 10.2 Å². The average molecular weight is 273 g/mol. The molecule has 3 rings (SSSR count). The highest BCUT2D eigenvalue weighted by atomic mass is 32.1. The Morgan fingerprint density at radius 3 is 2.95 bits per heavy atom. The molecule has 0 bridgehead atoms. The lowest BCUT2D eigenvalue weighted by Gasteiger charge is -2.29.